The van der Waals surface area contributed by atoms with Gasteiger partial charge in [-0.25, -0.2) is 4.68 Å². The Balaban J connectivity index is 1.30. The molecule has 12 heteroatoms. The molecule has 0 fully saturated rings. The maximum atomic E-state index is 12.5. The van der Waals surface area contributed by atoms with E-state index in [1.54, 1.807) is 54.5 Å². The predicted molar refractivity (Wildman–Crippen MR) is 145 cm³/mol. The lowest BCUT2D eigenvalue weighted by Gasteiger charge is -2.27. The molecular weight excluding hydrogens is 523 g/mol. The van der Waals surface area contributed by atoms with E-state index >= 15 is 0 Å². The summed E-state index contributed by atoms with van der Waals surface area (Å²) in [6, 6.07) is 10.8. The monoisotopic (exact) mass is 553 g/mol. The largest absolute Gasteiger partial charge is 0.389 e. The maximum Gasteiger partial charge on any atom is 0.389 e. The molecule has 1 aliphatic rings. The molecule has 210 valence electrons. The van der Waals surface area contributed by atoms with Crippen molar-refractivity contribution < 1.29 is 22.8 Å². The molecule has 2 aromatic heterocycles. The van der Waals surface area contributed by atoms with Crippen LogP contribution in [0.3, 0.4) is 0 Å². The topological polar surface area (TPSA) is 105 Å². The van der Waals surface area contributed by atoms with Gasteiger partial charge >= 0.3 is 6.18 Å². The molecule has 1 aromatic carbocycles. The molecule has 2 amide bonds. The fourth-order valence-corrected chi connectivity index (χ4v) is 4.23. The van der Waals surface area contributed by atoms with Crippen molar-refractivity contribution in [3.8, 4) is 0 Å². The fraction of sp³-hybridized carbons (Fsp3) is 0.321. The summed E-state index contributed by atoms with van der Waals surface area (Å²) in [5.74, 6) is 0.178. The van der Waals surface area contributed by atoms with Crippen molar-refractivity contribution in [1.29, 1.82) is 0 Å². The summed E-state index contributed by atoms with van der Waals surface area (Å²) >= 11 is 0. The van der Waals surface area contributed by atoms with Crippen LogP contribution in [-0.2, 0) is 18.3 Å². The molecule has 0 atom stereocenters. The minimum Gasteiger partial charge on any atom is -0.352 e. The lowest BCUT2D eigenvalue weighted by molar-refractivity contribution is -0.148. The molecule has 3 aromatic rings. The van der Waals surface area contributed by atoms with Crippen LogP contribution in [0.1, 0.15) is 41.0 Å². The Morgan fingerprint density at radius 3 is 2.48 bits per heavy atom. The van der Waals surface area contributed by atoms with Crippen LogP contribution in [-0.4, -0.2) is 62.3 Å². The molecule has 3 heterocycles. The number of halogens is 3. The lowest BCUT2D eigenvalue weighted by Crippen LogP contribution is -2.35. The number of amides is 2. The van der Waals surface area contributed by atoms with Gasteiger partial charge in [0.15, 0.2) is 5.82 Å². The van der Waals surface area contributed by atoms with Crippen LogP contribution in [0.4, 0.5) is 24.8 Å². The van der Waals surface area contributed by atoms with E-state index in [1.807, 2.05) is 12.1 Å². The van der Waals surface area contributed by atoms with Gasteiger partial charge in [-0.3, -0.25) is 14.6 Å². The van der Waals surface area contributed by atoms with Crippen LogP contribution in [0, 0.1) is 0 Å². The maximum absolute atomic E-state index is 12.5. The van der Waals surface area contributed by atoms with Crippen molar-refractivity contribution in [3.63, 3.8) is 0 Å². The normalized spacial score (nSPS) is 13.5. The third-order valence-electron chi connectivity index (χ3n) is 6.46. The van der Waals surface area contributed by atoms with Gasteiger partial charge in [0.05, 0.1) is 6.42 Å². The molecule has 0 unspecified atom stereocenters. The summed E-state index contributed by atoms with van der Waals surface area (Å²) in [5.41, 5.74) is 3.81. The van der Waals surface area contributed by atoms with Gasteiger partial charge in [0, 0.05) is 62.3 Å². The first-order valence-corrected chi connectivity index (χ1v) is 12.8. The number of alkyl halides is 3. The number of anilines is 2. The smallest absolute Gasteiger partial charge is 0.352 e. The molecule has 2 N–H and O–H groups in total. The number of allylic oxidation sites excluding steroid dienone is 1. The van der Waals surface area contributed by atoms with Crippen LogP contribution in [0.5, 0.6) is 0 Å². The van der Waals surface area contributed by atoms with Gasteiger partial charge in [-0.2, -0.15) is 18.2 Å². The molecular formula is C28H30F3N7O2. The minimum absolute atomic E-state index is 0.170. The SMILES string of the molecule is C=C(C1=CCN(C(=O)CCC(F)(F)F)CC1)c1nc(Nc2ccc(C(=O)NCCc3ccncc3)cc2)nn1C. The van der Waals surface area contributed by atoms with Gasteiger partial charge in [0.2, 0.25) is 11.9 Å². The number of aryl methyl sites for hydroxylation is 1. The first kappa shape index (κ1) is 28.5. The molecule has 0 saturated carbocycles. The second-order valence-corrected chi connectivity index (χ2v) is 9.36. The summed E-state index contributed by atoms with van der Waals surface area (Å²) in [7, 11) is 1.73. The molecule has 0 aliphatic carbocycles. The first-order chi connectivity index (χ1) is 19.1. The second-order valence-electron chi connectivity index (χ2n) is 9.36. The molecule has 9 nitrogen and oxygen atoms in total. The van der Waals surface area contributed by atoms with E-state index in [4.69, 9.17) is 0 Å². The number of rotatable bonds is 10. The van der Waals surface area contributed by atoms with E-state index in [1.165, 1.54) is 4.90 Å². The molecule has 0 spiro atoms. The van der Waals surface area contributed by atoms with Gasteiger partial charge < -0.3 is 15.5 Å². The standard InChI is InChI=1S/C28H30F3N7O2/c1-19(21-11-17-38(18-12-21)24(39)7-13-28(29,30)31)25-35-27(36-37(25)2)34-23-5-3-22(4-6-23)26(40)33-16-10-20-8-14-32-15-9-20/h3-6,8-9,11,14-15H,1,7,10,12-13,16-18H2,2H3,(H,33,40)(H,34,36). The van der Waals surface area contributed by atoms with Crippen LogP contribution >= 0.6 is 0 Å². The zero-order valence-electron chi connectivity index (χ0n) is 22.0. The Bertz CT molecular complexity index is 1380. The van der Waals surface area contributed by atoms with Crippen LogP contribution in [0.2, 0.25) is 0 Å². The van der Waals surface area contributed by atoms with Crippen molar-refractivity contribution in [2.75, 3.05) is 25.0 Å². The predicted octanol–water partition coefficient (Wildman–Crippen LogP) is 4.44. The van der Waals surface area contributed by atoms with Crippen molar-refractivity contribution >= 4 is 29.0 Å². The van der Waals surface area contributed by atoms with E-state index in [2.05, 4.69) is 32.3 Å². The summed E-state index contributed by atoms with van der Waals surface area (Å²) in [5, 5.41) is 10.4. The number of aromatic nitrogens is 4. The summed E-state index contributed by atoms with van der Waals surface area (Å²) in [4.78, 5) is 34.5. The third kappa shape index (κ3) is 7.78. The van der Waals surface area contributed by atoms with Gasteiger partial charge in [-0.1, -0.05) is 12.7 Å². The number of hydrogen-bond acceptors (Lipinski definition) is 6. The Morgan fingerprint density at radius 2 is 1.82 bits per heavy atom. The van der Waals surface area contributed by atoms with Gasteiger partial charge in [-0.05, 0) is 60.4 Å². The Kier molecular flexibility index (Phi) is 8.97. The zero-order chi connectivity index (χ0) is 28.7. The van der Waals surface area contributed by atoms with Crippen molar-refractivity contribution in [1.82, 2.24) is 30.0 Å². The Morgan fingerprint density at radius 1 is 1.10 bits per heavy atom. The Hall–Kier alpha value is -4.48. The average molecular weight is 554 g/mol. The summed E-state index contributed by atoms with van der Waals surface area (Å²) in [6.45, 7) is 5.17. The molecule has 4 rings (SSSR count). The van der Waals surface area contributed by atoms with Crippen molar-refractivity contribution in [3.05, 3.63) is 84.0 Å². The van der Waals surface area contributed by atoms with E-state index in [9.17, 15) is 22.8 Å². The van der Waals surface area contributed by atoms with Crippen molar-refractivity contribution in [2.45, 2.75) is 31.9 Å². The highest BCUT2D eigenvalue weighted by atomic mass is 19.4. The van der Waals surface area contributed by atoms with E-state index in [0.29, 0.717) is 54.5 Å². The highest BCUT2D eigenvalue weighted by Gasteiger charge is 2.30. The van der Waals surface area contributed by atoms with E-state index in [-0.39, 0.29) is 12.5 Å². The van der Waals surface area contributed by atoms with Crippen molar-refractivity contribution in [2.24, 2.45) is 7.05 Å². The summed E-state index contributed by atoms with van der Waals surface area (Å²) < 4.78 is 38.9. The number of benzene rings is 1. The number of nitrogens with zero attached hydrogens (tertiary/aromatic N) is 5. The number of nitrogens with one attached hydrogen (secondary N) is 2. The number of carbonyl (C=O) groups excluding carboxylic acids is 2. The Labute approximate surface area is 229 Å². The number of pyridine rings is 1. The summed E-state index contributed by atoms with van der Waals surface area (Å²) in [6.07, 6.45) is 0.372. The fourth-order valence-electron chi connectivity index (χ4n) is 4.23. The molecule has 0 radical (unpaired) electrons. The molecule has 0 saturated heterocycles. The van der Waals surface area contributed by atoms with Crippen LogP contribution < -0.4 is 10.6 Å². The van der Waals surface area contributed by atoms with Crippen LogP contribution in [0.15, 0.2) is 67.0 Å². The quantitative estimate of drug-likeness (QED) is 0.385. The number of hydrogen-bond donors (Lipinski definition) is 2. The minimum atomic E-state index is -4.35. The lowest BCUT2D eigenvalue weighted by atomic mass is 10.00. The average Bonchev–Trinajstić information content (AvgIpc) is 3.31. The highest BCUT2D eigenvalue weighted by Crippen LogP contribution is 2.27. The van der Waals surface area contributed by atoms with E-state index in [0.717, 1.165) is 11.1 Å². The first-order valence-electron chi connectivity index (χ1n) is 12.8. The van der Waals surface area contributed by atoms with E-state index < -0.39 is 24.9 Å². The van der Waals surface area contributed by atoms with Gasteiger partial charge in [0.1, 0.15) is 0 Å². The number of carbonyl (C=O) groups is 2. The third-order valence-corrected chi connectivity index (χ3v) is 6.46. The molecule has 40 heavy (non-hydrogen) atoms. The van der Waals surface area contributed by atoms with Gasteiger partial charge in [-0.15, -0.1) is 5.10 Å². The van der Waals surface area contributed by atoms with Gasteiger partial charge in [0.25, 0.3) is 5.91 Å². The second kappa shape index (κ2) is 12.6. The van der Waals surface area contributed by atoms with Crippen LogP contribution in [0.25, 0.3) is 5.57 Å². The molecule has 0 bridgehead atoms. The zero-order valence-corrected chi connectivity index (χ0v) is 22.0. The highest BCUT2D eigenvalue weighted by molar-refractivity contribution is 5.94. The molecule has 1 aliphatic heterocycles.